The number of esters is 1. The third-order valence-electron chi connectivity index (χ3n) is 4.43. The van der Waals surface area contributed by atoms with Gasteiger partial charge in [-0.15, -0.1) is 0 Å². The van der Waals surface area contributed by atoms with E-state index in [2.05, 4.69) is 5.32 Å². The number of carboxylic acids is 1. The van der Waals surface area contributed by atoms with E-state index in [0.29, 0.717) is 23.8 Å². The minimum atomic E-state index is -1.13. The molecule has 8 heteroatoms. The van der Waals surface area contributed by atoms with Gasteiger partial charge in [0.25, 0.3) is 0 Å². The maximum Gasteiger partial charge on any atom is 0.323 e. The predicted octanol–water partition coefficient (Wildman–Crippen LogP) is 1.82. The van der Waals surface area contributed by atoms with E-state index in [-0.39, 0.29) is 13.2 Å². The molecule has 1 heterocycles. The summed E-state index contributed by atoms with van der Waals surface area (Å²) in [6.07, 6.45) is 1.28. The molecule has 0 saturated carbocycles. The number of carbonyl (C=O) groups is 3. The van der Waals surface area contributed by atoms with Crippen molar-refractivity contribution in [2.75, 3.05) is 24.7 Å². The van der Waals surface area contributed by atoms with Crippen LogP contribution >= 0.6 is 0 Å². The molecule has 2 rings (SSSR count). The van der Waals surface area contributed by atoms with Crippen molar-refractivity contribution in [2.45, 2.75) is 45.7 Å². The second-order valence-corrected chi connectivity index (χ2v) is 7.09. The average Bonchev–Trinajstić information content (AvgIpc) is 2.76. The number of para-hydroxylation sites is 2. The molecule has 1 aliphatic rings. The first kappa shape index (κ1) is 21.7. The summed E-state index contributed by atoms with van der Waals surface area (Å²) in [5, 5.41) is 12.3. The number of hydrogen-bond acceptors (Lipinski definition) is 6. The second-order valence-electron chi connectivity index (χ2n) is 7.09. The fraction of sp³-hybridized carbons (Fsp3) is 0.550. The van der Waals surface area contributed by atoms with E-state index in [9.17, 15) is 19.5 Å². The van der Waals surface area contributed by atoms with Crippen LogP contribution in [0, 0.1) is 5.92 Å². The number of carbonyl (C=O) groups excluding carboxylic acids is 2. The lowest BCUT2D eigenvalue weighted by Crippen LogP contribution is -2.54. The Morgan fingerprint density at radius 3 is 2.68 bits per heavy atom. The molecular formula is C20H28N2O6. The normalized spacial score (nSPS) is 17.5. The van der Waals surface area contributed by atoms with Crippen molar-refractivity contribution in [3.8, 4) is 5.75 Å². The third kappa shape index (κ3) is 5.69. The molecule has 0 fully saturated rings. The number of anilines is 1. The number of hydrogen-bond donors (Lipinski definition) is 2. The van der Waals surface area contributed by atoms with E-state index < -0.39 is 36.5 Å². The molecule has 28 heavy (non-hydrogen) atoms. The Bertz CT molecular complexity index is 706. The summed E-state index contributed by atoms with van der Waals surface area (Å²) in [6, 6.07) is 5.24. The summed E-state index contributed by atoms with van der Waals surface area (Å²) in [6.45, 7) is 5.56. The zero-order valence-corrected chi connectivity index (χ0v) is 16.5. The fourth-order valence-electron chi connectivity index (χ4n) is 3.03. The molecule has 1 unspecified atom stereocenters. The van der Waals surface area contributed by atoms with E-state index in [0.717, 1.165) is 6.42 Å². The molecule has 1 aliphatic heterocycles. The first-order valence-electron chi connectivity index (χ1n) is 9.51. The van der Waals surface area contributed by atoms with Gasteiger partial charge in [-0.2, -0.15) is 0 Å². The molecule has 2 N–H and O–H groups in total. The Morgan fingerprint density at radius 1 is 1.32 bits per heavy atom. The molecule has 0 radical (unpaired) electrons. The third-order valence-corrected chi connectivity index (χ3v) is 4.43. The standard InChI is InChI=1S/C20H28N2O6/c1-4-27-20(26)14(10-9-13(2)3)21-15-12-28-17-8-6-5-7-16(17)22(19(15)25)11-18(23)24/h5-8,13-15,21H,4,9-12H2,1-3H3,(H,23,24)/t14?,15-/m0/s1. The highest BCUT2D eigenvalue weighted by atomic mass is 16.5. The van der Waals surface area contributed by atoms with Gasteiger partial charge in [0.15, 0.2) is 0 Å². The molecule has 8 nitrogen and oxygen atoms in total. The Labute approximate surface area is 164 Å². The maximum absolute atomic E-state index is 13.1. The van der Waals surface area contributed by atoms with Gasteiger partial charge in [0.1, 0.15) is 31.0 Å². The summed E-state index contributed by atoms with van der Waals surface area (Å²) in [5.41, 5.74) is 0.397. The second kappa shape index (κ2) is 10.1. The summed E-state index contributed by atoms with van der Waals surface area (Å²) in [5.74, 6) is -1.21. The topological polar surface area (TPSA) is 105 Å². The zero-order valence-electron chi connectivity index (χ0n) is 16.5. The number of rotatable bonds is 9. The SMILES string of the molecule is CCOC(=O)C(CCC(C)C)N[C@H]1COc2ccccc2N(CC(=O)O)C1=O. The van der Waals surface area contributed by atoms with E-state index in [1.54, 1.807) is 31.2 Å². The van der Waals surface area contributed by atoms with E-state index in [1.807, 2.05) is 13.8 Å². The molecular weight excluding hydrogens is 364 g/mol. The van der Waals surface area contributed by atoms with Crippen molar-refractivity contribution in [2.24, 2.45) is 5.92 Å². The molecule has 2 atom stereocenters. The highest BCUT2D eigenvalue weighted by Gasteiger charge is 2.35. The van der Waals surface area contributed by atoms with Gasteiger partial charge in [0.05, 0.1) is 12.3 Å². The van der Waals surface area contributed by atoms with Crippen molar-refractivity contribution < 1.29 is 29.0 Å². The molecule has 1 aromatic rings. The van der Waals surface area contributed by atoms with Crippen LogP contribution in [-0.2, 0) is 19.1 Å². The predicted molar refractivity (Wildman–Crippen MR) is 103 cm³/mol. The molecule has 0 aromatic heterocycles. The number of carboxylic acid groups (broad SMARTS) is 1. The van der Waals surface area contributed by atoms with Gasteiger partial charge < -0.3 is 14.6 Å². The number of benzene rings is 1. The minimum absolute atomic E-state index is 0.0104. The monoisotopic (exact) mass is 392 g/mol. The van der Waals surface area contributed by atoms with Crippen LogP contribution in [0.25, 0.3) is 0 Å². The number of aliphatic carboxylic acids is 1. The number of amides is 1. The van der Waals surface area contributed by atoms with E-state index >= 15 is 0 Å². The van der Waals surface area contributed by atoms with Gasteiger partial charge >= 0.3 is 11.9 Å². The molecule has 0 aliphatic carbocycles. The van der Waals surface area contributed by atoms with E-state index in [4.69, 9.17) is 9.47 Å². The Balaban J connectivity index is 2.24. The van der Waals surface area contributed by atoms with Gasteiger partial charge in [-0.05, 0) is 37.8 Å². The van der Waals surface area contributed by atoms with Crippen LogP contribution in [0.4, 0.5) is 5.69 Å². The largest absolute Gasteiger partial charge is 0.489 e. The summed E-state index contributed by atoms with van der Waals surface area (Å²) in [4.78, 5) is 37.9. The van der Waals surface area contributed by atoms with Gasteiger partial charge in [-0.3, -0.25) is 24.6 Å². The summed E-state index contributed by atoms with van der Waals surface area (Å²) >= 11 is 0. The first-order chi connectivity index (χ1) is 13.3. The Hall–Kier alpha value is -2.61. The van der Waals surface area contributed by atoms with Crippen molar-refractivity contribution in [3.63, 3.8) is 0 Å². The molecule has 0 bridgehead atoms. The van der Waals surface area contributed by atoms with Crippen LogP contribution in [0.5, 0.6) is 5.75 Å². The van der Waals surface area contributed by atoms with Crippen LogP contribution in [0.3, 0.4) is 0 Å². The quantitative estimate of drug-likeness (QED) is 0.618. The van der Waals surface area contributed by atoms with Crippen molar-refractivity contribution in [1.82, 2.24) is 5.32 Å². The van der Waals surface area contributed by atoms with Crippen molar-refractivity contribution in [1.29, 1.82) is 0 Å². The molecule has 1 amide bonds. The number of nitrogens with zero attached hydrogens (tertiary/aromatic N) is 1. The first-order valence-corrected chi connectivity index (χ1v) is 9.51. The number of nitrogens with one attached hydrogen (secondary N) is 1. The summed E-state index contributed by atoms with van der Waals surface area (Å²) < 4.78 is 10.9. The van der Waals surface area contributed by atoms with Crippen LogP contribution in [0.15, 0.2) is 24.3 Å². The number of fused-ring (bicyclic) bond motifs is 1. The summed E-state index contributed by atoms with van der Waals surface area (Å²) in [7, 11) is 0. The van der Waals surface area contributed by atoms with Crippen LogP contribution in [0.2, 0.25) is 0 Å². The maximum atomic E-state index is 13.1. The number of ether oxygens (including phenoxy) is 2. The average molecular weight is 392 g/mol. The Kier molecular flexibility index (Phi) is 7.80. The minimum Gasteiger partial charge on any atom is -0.489 e. The van der Waals surface area contributed by atoms with E-state index in [1.165, 1.54) is 4.90 Å². The van der Waals surface area contributed by atoms with Gasteiger partial charge in [-0.25, -0.2) is 0 Å². The van der Waals surface area contributed by atoms with Crippen molar-refractivity contribution >= 4 is 23.5 Å². The molecule has 154 valence electrons. The van der Waals surface area contributed by atoms with Gasteiger partial charge in [0.2, 0.25) is 5.91 Å². The highest BCUT2D eigenvalue weighted by Crippen LogP contribution is 2.31. The lowest BCUT2D eigenvalue weighted by Gasteiger charge is -2.26. The highest BCUT2D eigenvalue weighted by molar-refractivity contribution is 6.02. The van der Waals surface area contributed by atoms with Crippen molar-refractivity contribution in [3.05, 3.63) is 24.3 Å². The van der Waals surface area contributed by atoms with Crippen LogP contribution in [0.1, 0.15) is 33.6 Å². The fourth-order valence-corrected chi connectivity index (χ4v) is 3.03. The van der Waals surface area contributed by atoms with Gasteiger partial charge in [0, 0.05) is 0 Å². The lowest BCUT2D eigenvalue weighted by molar-refractivity contribution is -0.146. The van der Waals surface area contributed by atoms with Crippen LogP contribution < -0.4 is 15.0 Å². The lowest BCUT2D eigenvalue weighted by atomic mass is 10.0. The van der Waals surface area contributed by atoms with Crippen LogP contribution in [-0.4, -0.2) is 54.8 Å². The molecule has 1 aromatic carbocycles. The zero-order chi connectivity index (χ0) is 20.7. The van der Waals surface area contributed by atoms with Gasteiger partial charge in [-0.1, -0.05) is 26.0 Å². The molecule has 0 saturated heterocycles. The Morgan fingerprint density at radius 2 is 2.04 bits per heavy atom. The molecule has 0 spiro atoms. The smallest absolute Gasteiger partial charge is 0.323 e.